The minimum Gasteiger partial charge on any atom is -0.481 e. The van der Waals surface area contributed by atoms with Gasteiger partial charge in [0.25, 0.3) is 0 Å². The van der Waals surface area contributed by atoms with Crippen molar-refractivity contribution in [3.05, 3.63) is 35.4 Å². The van der Waals surface area contributed by atoms with Crippen molar-refractivity contribution in [3.63, 3.8) is 0 Å². The summed E-state index contributed by atoms with van der Waals surface area (Å²) in [5.41, 5.74) is 0.625. The lowest BCUT2D eigenvalue weighted by Gasteiger charge is -2.06. The second kappa shape index (κ2) is 3.65. The van der Waals surface area contributed by atoms with Crippen molar-refractivity contribution < 1.29 is 14.3 Å². The average Bonchev–Trinajstić information content (AvgIpc) is 2.82. The highest BCUT2D eigenvalue weighted by molar-refractivity contribution is 5.70. The first kappa shape index (κ1) is 10.1. The molecule has 1 aromatic rings. The van der Waals surface area contributed by atoms with E-state index in [-0.39, 0.29) is 6.42 Å². The molecule has 1 saturated carbocycles. The van der Waals surface area contributed by atoms with Crippen LogP contribution in [0.5, 0.6) is 0 Å². The quantitative estimate of drug-likeness (QED) is 0.824. The van der Waals surface area contributed by atoms with Gasteiger partial charge in [-0.15, -0.1) is 0 Å². The van der Waals surface area contributed by atoms with Crippen molar-refractivity contribution in [2.24, 2.45) is 0 Å². The predicted molar refractivity (Wildman–Crippen MR) is 54.6 cm³/mol. The number of hydrogen-bond donors (Lipinski definition) is 1. The maximum Gasteiger partial charge on any atom is 0.307 e. The highest BCUT2D eigenvalue weighted by Gasteiger charge is 2.42. The molecule has 80 valence electrons. The van der Waals surface area contributed by atoms with Crippen LogP contribution in [0.15, 0.2) is 24.3 Å². The normalized spacial score (nSPS) is 17.4. The van der Waals surface area contributed by atoms with Gasteiger partial charge in [0.05, 0.1) is 6.42 Å². The van der Waals surface area contributed by atoms with E-state index in [1.807, 2.05) is 6.07 Å². The van der Waals surface area contributed by atoms with Gasteiger partial charge in [-0.25, -0.2) is 4.39 Å². The Kier molecular flexibility index (Phi) is 2.47. The van der Waals surface area contributed by atoms with Gasteiger partial charge in [0.1, 0.15) is 5.67 Å². The van der Waals surface area contributed by atoms with Crippen molar-refractivity contribution in [2.45, 2.75) is 31.4 Å². The van der Waals surface area contributed by atoms with Crippen molar-refractivity contribution in [1.82, 2.24) is 0 Å². The number of benzene rings is 1. The second-order valence-corrected chi connectivity index (χ2v) is 4.22. The monoisotopic (exact) mass is 208 g/mol. The number of hydrogen-bond acceptors (Lipinski definition) is 1. The summed E-state index contributed by atoms with van der Waals surface area (Å²) in [4.78, 5) is 10.5. The van der Waals surface area contributed by atoms with Crippen LogP contribution in [0.25, 0.3) is 0 Å². The molecule has 0 bridgehead atoms. The SMILES string of the molecule is O=C(O)Cc1cccc(CC2(F)CC2)c1. The van der Waals surface area contributed by atoms with Crippen LogP contribution in [0.2, 0.25) is 0 Å². The van der Waals surface area contributed by atoms with Crippen molar-refractivity contribution >= 4 is 5.97 Å². The number of alkyl halides is 1. The Bertz CT molecular complexity index is 383. The largest absolute Gasteiger partial charge is 0.481 e. The molecule has 15 heavy (non-hydrogen) atoms. The summed E-state index contributed by atoms with van der Waals surface area (Å²) in [6.07, 6.45) is 1.69. The third-order valence-electron chi connectivity index (χ3n) is 2.66. The van der Waals surface area contributed by atoms with Gasteiger partial charge in [-0.05, 0) is 24.0 Å². The first-order valence-electron chi connectivity index (χ1n) is 5.06. The minimum atomic E-state index is -1.01. The Morgan fingerprint density at radius 3 is 2.67 bits per heavy atom. The maximum atomic E-state index is 13.5. The van der Waals surface area contributed by atoms with E-state index in [0.29, 0.717) is 19.3 Å². The van der Waals surface area contributed by atoms with E-state index in [9.17, 15) is 9.18 Å². The molecule has 0 spiro atoms. The zero-order chi connectivity index (χ0) is 10.9. The van der Waals surface area contributed by atoms with Gasteiger partial charge in [0.15, 0.2) is 0 Å². The van der Waals surface area contributed by atoms with Crippen molar-refractivity contribution in [2.75, 3.05) is 0 Å². The first-order valence-corrected chi connectivity index (χ1v) is 5.06. The molecule has 2 nitrogen and oxygen atoms in total. The van der Waals surface area contributed by atoms with Crippen LogP contribution in [0.3, 0.4) is 0 Å². The van der Waals surface area contributed by atoms with Gasteiger partial charge < -0.3 is 5.11 Å². The average molecular weight is 208 g/mol. The van der Waals surface area contributed by atoms with Gasteiger partial charge in [0.2, 0.25) is 0 Å². The summed E-state index contributed by atoms with van der Waals surface area (Å²) < 4.78 is 13.5. The van der Waals surface area contributed by atoms with E-state index in [4.69, 9.17) is 5.11 Å². The van der Waals surface area contributed by atoms with E-state index in [0.717, 1.165) is 11.1 Å². The smallest absolute Gasteiger partial charge is 0.307 e. The molecule has 0 unspecified atom stereocenters. The van der Waals surface area contributed by atoms with Gasteiger partial charge in [-0.3, -0.25) is 4.79 Å². The lowest BCUT2D eigenvalue weighted by atomic mass is 10.0. The topological polar surface area (TPSA) is 37.3 Å². The fourth-order valence-corrected chi connectivity index (χ4v) is 1.70. The molecule has 0 radical (unpaired) electrons. The molecule has 0 saturated heterocycles. The van der Waals surface area contributed by atoms with Gasteiger partial charge in [-0.2, -0.15) is 0 Å². The van der Waals surface area contributed by atoms with E-state index < -0.39 is 11.6 Å². The molecule has 1 aliphatic carbocycles. The van der Waals surface area contributed by atoms with E-state index in [1.165, 1.54) is 0 Å². The zero-order valence-corrected chi connectivity index (χ0v) is 8.37. The molecule has 1 aromatic carbocycles. The van der Waals surface area contributed by atoms with Crippen LogP contribution >= 0.6 is 0 Å². The number of carbonyl (C=O) groups is 1. The summed E-state index contributed by atoms with van der Waals surface area (Å²) in [7, 11) is 0. The molecule has 0 amide bonds. The first-order chi connectivity index (χ1) is 7.07. The maximum absolute atomic E-state index is 13.5. The number of carboxylic acid groups (broad SMARTS) is 1. The fraction of sp³-hybridized carbons (Fsp3) is 0.417. The zero-order valence-electron chi connectivity index (χ0n) is 8.37. The predicted octanol–water partition coefficient (Wildman–Crippen LogP) is 2.36. The van der Waals surface area contributed by atoms with Crippen LogP contribution in [-0.4, -0.2) is 16.7 Å². The molecule has 2 rings (SSSR count). The van der Waals surface area contributed by atoms with Crippen LogP contribution in [0.4, 0.5) is 4.39 Å². The Balaban J connectivity index is 2.08. The fourth-order valence-electron chi connectivity index (χ4n) is 1.70. The van der Waals surface area contributed by atoms with Crippen LogP contribution in [0, 0.1) is 0 Å². The molecule has 1 N–H and O–H groups in total. The molecule has 0 aromatic heterocycles. The summed E-state index contributed by atoms with van der Waals surface area (Å²) in [6, 6.07) is 7.19. The summed E-state index contributed by atoms with van der Waals surface area (Å²) in [5.74, 6) is -0.853. The van der Waals surface area contributed by atoms with Crippen LogP contribution in [-0.2, 0) is 17.6 Å². The number of rotatable bonds is 4. The van der Waals surface area contributed by atoms with E-state index in [1.54, 1.807) is 18.2 Å². The second-order valence-electron chi connectivity index (χ2n) is 4.22. The minimum absolute atomic E-state index is 0.00707. The van der Waals surface area contributed by atoms with Crippen molar-refractivity contribution in [3.8, 4) is 0 Å². The number of halogens is 1. The third kappa shape index (κ3) is 2.78. The molecular formula is C12H13FO2. The number of aliphatic carboxylic acids is 1. The lowest BCUT2D eigenvalue weighted by Crippen LogP contribution is -2.05. The molecule has 1 fully saturated rings. The van der Waals surface area contributed by atoms with E-state index >= 15 is 0 Å². The lowest BCUT2D eigenvalue weighted by molar-refractivity contribution is -0.136. The van der Waals surface area contributed by atoms with E-state index in [2.05, 4.69) is 0 Å². The summed E-state index contributed by atoms with van der Waals surface area (Å²) >= 11 is 0. The van der Waals surface area contributed by atoms with Gasteiger partial charge >= 0.3 is 5.97 Å². The van der Waals surface area contributed by atoms with Crippen LogP contribution < -0.4 is 0 Å². The Morgan fingerprint density at radius 1 is 1.40 bits per heavy atom. The number of carboxylic acids is 1. The van der Waals surface area contributed by atoms with Crippen molar-refractivity contribution in [1.29, 1.82) is 0 Å². The highest BCUT2D eigenvalue weighted by atomic mass is 19.1. The molecule has 0 heterocycles. The molecular weight excluding hydrogens is 195 g/mol. The Labute approximate surface area is 87.7 Å². The molecule has 1 aliphatic rings. The summed E-state index contributed by atoms with van der Waals surface area (Å²) in [6.45, 7) is 0. The summed E-state index contributed by atoms with van der Waals surface area (Å²) in [5, 5.41) is 8.63. The molecule has 0 atom stereocenters. The Hall–Kier alpha value is -1.38. The molecule has 3 heteroatoms. The van der Waals surface area contributed by atoms with Crippen LogP contribution in [0.1, 0.15) is 24.0 Å². The molecule has 0 aliphatic heterocycles. The third-order valence-corrected chi connectivity index (χ3v) is 2.66. The Morgan fingerprint density at radius 2 is 2.07 bits per heavy atom. The van der Waals surface area contributed by atoms with Gasteiger partial charge in [0, 0.05) is 6.42 Å². The van der Waals surface area contributed by atoms with Gasteiger partial charge in [-0.1, -0.05) is 24.3 Å². The standard InChI is InChI=1S/C12H13FO2/c13-12(4-5-12)8-10-3-1-2-9(6-10)7-11(14)15/h1-3,6H,4-5,7-8H2,(H,14,15). The highest BCUT2D eigenvalue weighted by Crippen LogP contribution is 2.42.